The summed E-state index contributed by atoms with van der Waals surface area (Å²) in [5.41, 5.74) is 5.69. The van der Waals surface area contributed by atoms with Crippen molar-refractivity contribution >= 4 is 22.6 Å². The predicted molar refractivity (Wildman–Crippen MR) is 115 cm³/mol. The largest absolute Gasteiger partial charge is 0.422 e. The molecule has 1 aliphatic rings. The van der Waals surface area contributed by atoms with Gasteiger partial charge < -0.3 is 4.42 Å². The van der Waals surface area contributed by atoms with Crippen LogP contribution in [0.1, 0.15) is 27.5 Å². The van der Waals surface area contributed by atoms with Gasteiger partial charge in [0.2, 0.25) is 0 Å². The van der Waals surface area contributed by atoms with Crippen molar-refractivity contribution < 1.29 is 9.21 Å². The van der Waals surface area contributed by atoms with E-state index in [-0.39, 0.29) is 11.6 Å². The fraction of sp³-hybridized carbons (Fsp3) is 0.0400. The SMILES string of the molecule is O=C(c1cc2ccccc2oc1=O)N1NC(c2ccccc2)=CC1c1ccccc1. The van der Waals surface area contributed by atoms with E-state index in [2.05, 4.69) is 5.43 Å². The molecule has 30 heavy (non-hydrogen) atoms. The summed E-state index contributed by atoms with van der Waals surface area (Å²) in [5.74, 6) is -0.439. The Kier molecular flexibility index (Phi) is 4.41. The molecule has 5 nitrogen and oxygen atoms in total. The maximum Gasteiger partial charge on any atom is 0.349 e. The second-order valence-corrected chi connectivity index (χ2v) is 7.07. The zero-order valence-corrected chi connectivity index (χ0v) is 16.0. The third-order valence-corrected chi connectivity index (χ3v) is 5.16. The summed E-state index contributed by atoms with van der Waals surface area (Å²) in [5, 5.41) is 2.19. The maximum absolute atomic E-state index is 13.4. The quantitative estimate of drug-likeness (QED) is 0.519. The molecule has 1 atom stereocenters. The van der Waals surface area contributed by atoms with E-state index in [0.717, 1.165) is 16.8 Å². The molecule has 0 fully saturated rings. The van der Waals surface area contributed by atoms with E-state index >= 15 is 0 Å². The van der Waals surface area contributed by atoms with Gasteiger partial charge in [-0.25, -0.2) is 9.80 Å². The van der Waals surface area contributed by atoms with Crippen molar-refractivity contribution in [3.05, 3.63) is 124 Å². The van der Waals surface area contributed by atoms with Gasteiger partial charge in [0.15, 0.2) is 0 Å². The molecule has 0 saturated carbocycles. The molecule has 1 unspecified atom stereocenters. The van der Waals surface area contributed by atoms with Crippen molar-refractivity contribution in [2.24, 2.45) is 0 Å². The first-order valence-electron chi connectivity index (χ1n) is 9.66. The topological polar surface area (TPSA) is 62.6 Å². The first-order chi connectivity index (χ1) is 14.7. The van der Waals surface area contributed by atoms with Crippen molar-refractivity contribution in [1.82, 2.24) is 10.4 Å². The Morgan fingerprint density at radius 3 is 2.30 bits per heavy atom. The van der Waals surface area contributed by atoms with Crippen molar-refractivity contribution in [3.63, 3.8) is 0 Å². The number of para-hydroxylation sites is 1. The number of nitrogens with one attached hydrogen (secondary N) is 1. The van der Waals surface area contributed by atoms with Crippen LogP contribution in [-0.2, 0) is 0 Å². The van der Waals surface area contributed by atoms with Crippen molar-refractivity contribution in [2.45, 2.75) is 6.04 Å². The van der Waals surface area contributed by atoms with Crippen LogP contribution in [0.15, 0.2) is 106 Å². The van der Waals surface area contributed by atoms with Gasteiger partial charge in [0.1, 0.15) is 11.1 Å². The van der Waals surface area contributed by atoms with Crippen LogP contribution in [0.25, 0.3) is 16.7 Å². The molecule has 0 bridgehead atoms. The monoisotopic (exact) mass is 394 g/mol. The first-order valence-corrected chi connectivity index (χ1v) is 9.66. The molecule has 1 aliphatic heterocycles. The minimum Gasteiger partial charge on any atom is -0.422 e. The number of hydrazine groups is 1. The van der Waals surface area contributed by atoms with Crippen LogP contribution in [0.4, 0.5) is 0 Å². The van der Waals surface area contributed by atoms with E-state index in [4.69, 9.17) is 4.42 Å². The van der Waals surface area contributed by atoms with Crippen LogP contribution in [0.3, 0.4) is 0 Å². The predicted octanol–water partition coefficient (Wildman–Crippen LogP) is 4.54. The molecular formula is C25H18N2O3. The smallest absolute Gasteiger partial charge is 0.349 e. The summed E-state index contributed by atoms with van der Waals surface area (Å²) < 4.78 is 5.38. The van der Waals surface area contributed by atoms with Crippen molar-refractivity contribution in [1.29, 1.82) is 0 Å². The zero-order chi connectivity index (χ0) is 20.5. The van der Waals surface area contributed by atoms with Gasteiger partial charge in [-0.05, 0) is 29.3 Å². The molecular weight excluding hydrogens is 376 g/mol. The van der Waals surface area contributed by atoms with Crippen LogP contribution in [0.2, 0.25) is 0 Å². The Morgan fingerprint density at radius 1 is 0.867 bits per heavy atom. The van der Waals surface area contributed by atoms with Crippen LogP contribution in [0.5, 0.6) is 0 Å². The van der Waals surface area contributed by atoms with E-state index in [1.807, 2.05) is 78.9 Å². The number of hydrogen-bond donors (Lipinski definition) is 1. The number of carbonyl (C=O) groups is 1. The highest BCUT2D eigenvalue weighted by molar-refractivity contribution is 5.98. The van der Waals surface area contributed by atoms with Crippen LogP contribution >= 0.6 is 0 Å². The van der Waals surface area contributed by atoms with Gasteiger partial charge in [-0.3, -0.25) is 10.2 Å². The lowest BCUT2D eigenvalue weighted by Gasteiger charge is -2.25. The second-order valence-electron chi connectivity index (χ2n) is 7.07. The van der Waals surface area contributed by atoms with E-state index < -0.39 is 11.5 Å². The Labute approximate surface area is 172 Å². The first kappa shape index (κ1) is 17.9. The van der Waals surface area contributed by atoms with Gasteiger partial charge in [-0.1, -0.05) is 78.9 Å². The number of amides is 1. The van der Waals surface area contributed by atoms with E-state index in [9.17, 15) is 9.59 Å². The number of rotatable bonds is 3. The lowest BCUT2D eigenvalue weighted by Crippen LogP contribution is -2.41. The van der Waals surface area contributed by atoms with E-state index in [1.54, 1.807) is 18.2 Å². The molecule has 0 saturated heterocycles. The van der Waals surface area contributed by atoms with Crippen LogP contribution in [-0.4, -0.2) is 10.9 Å². The van der Waals surface area contributed by atoms with Gasteiger partial charge in [-0.2, -0.15) is 0 Å². The molecule has 4 aromatic rings. The molecule has 1 aromatic heterocycles. The van der Waals surface area contributed by atoms with Gasteiger partial charge in [0.25, 0.3) is 5.91 Å². The normalized spacial score (nSPS) is 15.7. The van der Waals surface area contributed by atoms with Gasteiger partial charge in [-0.15, -0.1) is 0 Å². The van der Waals surface area contributed by atoms with Gasteiger partial charge in [0, 0.05) is 5.39 Å². The van der Waals surface area contributed by atoms with Crippen molar-refractivity contribution in [2.75, 3.05) is 0 Å². The van der Waals surface area contributed by atoms with E-state index in [1.165, 1.54) is 5.01 Å². The average Bonchev–Trinajstić information content (AvgIpc) is 3.25. The number of benzene rings is 3. The lowest BCUT2D eigenvalue weighted by atomic mass is 10.0. The molecule has 3 aromatic carbocycles. The molecule has 1 amide bonds. The third kappa shape index (κ3) is 3.16. The Bertz CT molecular complexity index is 1310. The fourth-order valence-electron chi connectivity index (χ4n) is 3.66. The molecule has 5 rings (SSSR count). The maximum atomic E-state index is 13.4. The fourth-order valence-corrected chi connectivity index (χ4v) is 3.66. The summed E-state index contributed by atoms with van der Waals surface area (Å²) >= 11 is 0. The lowest BCUT2D eigenvalue weighted by molar-refractivity contribution is 0.0668. The minimum absolute atomic E-state index is 0.00940. The zero-order valence-electron chi connectivity index (χ0n) is 16.0. The van der Waals surface area contributed by atoms with Crippen LogP contribution < -0.4 is 11.1 Å². The molecule has 0 aliphatic carbocycles. The number of carbonyl (C=O) groups excluding carboxylic acids is 1. The molecule has 2 heterocycles. The molecule has 146 valence electrons. The second kappa shape index (κ2) is 7.37. The Hall–Kier alpha value is -4.12. The summed E-state index contributed by atoms with van der Waals surface area (Å²) in [4.78, 5) is 26.0. The molecule has 5 heteroatoms. The third-order valence-electron chi connectivity index (χ3n) is 5.16. The standard InChI is InChI=1S/C25H18N2O3/c28-24(20-15-19-13-7-8-14-23(19)30-25(20)29)27-22(18-11-5-2-6-12-18)16-21(26-27)17-9-3-1-4-10-17/h1-16,22,26H. The average molecular weight is 394 g/mol. The summed E-state index contributed by atoms with van der Waals surface area (Å²) in [6.45, 7) is 0. The van der Waals surface area contributed by atoms with Gasteiger partial charge in [0.05, 0.1) is 11.7 Å². The highest BCUT2D eigenvalue weighted by atomic mass is 16.4. The summed E-state index contributed by atoms with van der Waals surface area (Å²) in [7, 11) is 0. The Morgan fingerprint density at radius 2 is 1.53 bits per heavy atom. The Balaban J connectivity index is 1.57. The number of hydrogen-bond acceptors (Lipinski definition) is 4. The number of nitrogens with zero attached hydrogens (tertiary/aromatic N) is 1. The highest BCUT2D eigenvalue weighted by Gasteiger charge is 2.33. The molecule has 0 spiro atoms. The molecule has 0 radical (unpaired) electrons. The minimum atomic E-state index is -0.652. The van der Waals surface area contributed by atoms with Gasteiger partial charge >= 0.3 is 5.63 Å². The van der Waals surface area contributed by atoms with E-state index in [0.29, 0.717) is 11.0 Å². The van der Waals surface area contributed by atoms with Crippen molar-refractivity contribution in [3.8, 4) is 0 Å². The molecule has 1 N–H and O–H groups in total. The summed E-state index contributed by atoms with van der Waals surface area (Å²) in [6, 6.07) is 27.8. The summed E-state index contributed by atoms with van der Waals surface area (Å²) in [6.07, 6.45) is 1.99. The number of fused-ring (bicyclic) bond motifs is 1. The highest BCUT2D eigenvalue weighted by Crippen LogP contribution is 2.32. The van der Waals surface area contributed by atoms with Crippen LogP contribution in [0, 0.1) is 0 Å².